The van der Waals surface area contributed by atoms with Gasteiger partial charge >= 0.3 is 0 Å². The maximum atomic E-state index is 6.07. The van der Waals surface area contributed by atoms with E-state index in [0.717, 1.165) is 45.8 Å². The highest BCUT2D eigenvalue weighted by Gasteiger charge is 2.20. The Labute approximate surface area is 92.7 Å². The summed E-state index contributed by atoms with van der Waals surface area (Å²) in [7, 11) is 1.73. The minimum absolute atomic E-state index is 0.265. The van der Waals surface area contributed by atoms with Crippen LogP contribution >= 0.6 is 0 Å². The van der Waals surface area contributed by atoms with Gasteiger partial charge in [-0.1, -0.05) is 0 Å². The first-order valence-corrected chi connectivity index (χ1v) is 5.80. The molecule has 1 rings (SSSR count). The van der Waals surface area contributed by atoms with Crippen molar-refractivity contribution in [3.63, 3.8) is 0 Å². The highest BCUT2D eigenvalue weighted by atomic mass is 16.5. The average Bonchev–Trinajstić information content (AvgIpc) is 2.22. The third kappa shape index (κ3) is 4.93. The van der Waals surface area contributed by atoms with Crippen LogP contribution in [0.2, 0.25) is 0 Å². The van der Waals surface area contributed by atoms with Crippen molar-refractivity contribution in [2.75, 3.05) is 40.0 Å². The second-order valence-corrected chi connectivity index (χ2v) is 4.31. The van der Waals surface area contributed by atoms with Gasteiger partial charge in [0.2, 0.25) is 0 Å². The average molecular weight is 216 g/mol. The summed E-state index contributed by atoms with van der Waals surface area (Å²) in [5.41, 5.74) is 6.07. The monoisotopic (exact) mass is 216 g/mol. The highest BCUT2D eigenvalue weighted by molar-refractivity contribution is 4.75. The summed E-state index contributed by atoms with van der Waals surface area (Å²) in [6, 6.07) is 0.771. The van der Waals surface area contributed by atoms with Crippen LogP contribution in [0.15, 0.2) is 0 Å². The number of hydrogen-bond acceptors (Lipinski definition) is 4. The van der Waals surface area contributed by atoms with Gasteiger partial charge in [-0.2, -0.15) is 0 Å². The number of hydrogen-bond donors (Lipinski definition) is 1. The Hall–Kier alpha value is -0.160. The molecule has 2 atom stereocenters. The van der Waals surface area contributed by atoms with Gasteiger partial charge in [0.15, 0.2) is 0 Å². The van der Waals surface area contributed by atoms with E-state index in [1.807, 2.05) is 0 Å². The van der Waals surface area contributed by atoms with Crippen LogP contribution in [0, 0.1) is 0 Å². The lowest BCUT2D eigenvalue weighted by atomic mass is 10.1. The molecule has 1 heterocycles. The molecule has 1 aliphatic heterocycles. The Balaban J connectivity index is 2.15. The summed E-state index contributed by atoms with van der Waals surface area (Å²) in [6.07, 6.45) is 2.09. The molecule has 0 aromatic carbocycles. The molecule has 1 aliphatic rings. The summed E-state index contributed by atoms with van der Waals surface area (Å²) in [4.78, 5) is 2.42. The zero-order valence-corrected chi connectivity index (χ0v) is 9.95. The first-order chi connectivity index (χ1) is 7.24. The van der Waals surface area contributed by atoms with Crippen LogP contribution in [-0.2, 0) is 9.47 Å². The molecule has 4 heteroatoms. The fourth-order valence-electron chi connectivity index (χ4n) is 1.92. The number of methoxy groups -OCH3 is 1. The molecular formula is C11H24N2O2. The number of nitrogens with two attached hydrogens (primary N) is 1. The van der Waals surface area contributed by atoms with E-state index in [-0.39, 0.29) is 6.04 Å². The quantitative estimate of drug-likeness (QED) is 0.655. The lowest BCUT2D eigenvalue weighted by Crippen LogP contribution is -2.48. The van der Waals surface area contributed by atoms with Gasteiger partial charge in [-0.05, 0) is 19.8 Å². The van der Waals surface area contributed by atoms with Crippen molar-refractivity contribution < 1.29 is 9.47 Å². The molecule has 0 radical (unpaired) electrons. The van der Waals surface area contributed by atoms with Gasteiger partial charge in [0, 0.05) is 38.9 Å². The van der Waals surface area contributed by atoms with E-state index in [1.54, 1.807) is 7.11 Å². The highest BCUT2D eigenvalue weighted by Crippen LogP contribution is 2.07. The Morgan fingerprint density at radius 1 is 1.60 bits per heavy atom. The lowest BCUT2D eigenvalue weighted by Gasteiger charge is -2.34. The molecule has 0 aromatic rings. The van der Waals surface area contributed by atoms with E-state index in [9.17, 15) is 0 Å². The smallest absolute Gasteiger partial charge is 0.0619 e. The molecule has 2 unspecified atom stereocenters. The minimum atomic E-state index is 0.265. The Morgan fingerprint density at radius 3 is 3.07 bits per heavy atom. The minimum Gasteiger partial charge on any atom is -0.385 e. The van der Waals surface area contributed by atoms with Gasteiger partial charge in [0.05, 0.1) is 13.2 Å². The maximum Gasteiger partial charge on any atom is 0.0619 e. The summed E-state index contributed by atoms with van der Waals surface area (Å²) in [5.74, 6) is 0. The molecule has 0 saturated carbocycles. The van der Waals surface area contributed by atoms with Crippen LogP contribution in [0.1, 0.15) is 19.8 Å². The zero-order valence-electron chi connectivity index (χ0n) is 9.95. The molecule has 0 aliphatic carbocycles. The summed E-state index contributed by atoms with van der Waals surface area (Å²) in [6.45, 7) is 6.68. The molecular weight excluding hydrogens is 192 g/mol. The molecule has 2 N–H and O–H groups in total. The van der Waals surface area contributed by atoms with E-state index < -0.39 is 0 Å². The van der Waals surface area contributed by atoms with Gasteiger partial charge in [-0.15, -0.1) is 0 Å². The molecule has 4 nitrogen and oxygen atoms in total. The predicted molar refractivity (Wildman–Crippen MR) is 60.9 cm³/mol. The third-order valence-electron chi connectivity index (χ3n) is 2.90. The largest absolute Gasteiger partial charge is 0.385 e. The Bertz CT molecular complexity index is 167. The Kier molecular flexibility index (Phi) is 6.17. The topological polar surface area (TPSA) is 47.7 Å². The zero-order chi connectivity index (χ0) is 11.1. The van der Waals surface area contributed by atoms with Crippen molar-refractivity contribution in [1.82, 2.24) is 4.90 Å². The fraction of sp³-hybridized carbons (Fsp3) is 1.00. The van der Waals surface area contributed by atoms with Crippen molar-refractivity contribution in [3.05, 3.63) is 0 Å². The van der Waals surface area contributed by atoms with E-state index >= 15 is 0 Å². The molecule has 15 heavy (non-hydrogen) atoms. The van der Waals surface area contributed by atoms with Gasteiger partial charge in [-0.3, -0.25) is 4.90 Å². The van der Waals surface area contributed by atoms with Crippen molar-refractivity contribution in [2.24, 2.45) is 5.73 Å². The van der Waals surface area contributed by atoms with Crippen LogP contribution in [-0.4, -0.2) is 57.0 Å². The number of morpholine rings is 1. The van der Waals surface area contributed by atoms with Crippen LogP contribution in [0.3, 0.4) is 0 Å². The fourth-order valence-corrected chi connectivity index (χ4v) is 1.92. The van der Waals surface area contributed by atoms with Crippen molar-refractivity contribution in [2.45, 2.75) is 31.8 Å². The number of rotatable bonds is 6. The van der Waals surface area contributed by atoms with Crippen LogP contribution in [0.5, 0.6) is 0 Å². The molecule has 1 saturated heterocycles. The van der Waals surface area contributed by atoms with Gasteiger partial charge in [-0.25, -0.2) is 0 Å². The third-order valence-corrected chi connectivity index (χ3v) is 2.90. The standard InChI is InChI=1S/C11H24N2O2/c1-10-9-15-7-5-13(10)8-11(12)4-3-6-14-2/h10-11H,3-9,12H2,1-2H3. The first-order valence-electron chi connectivity index (χ1n) is 5.80. The van der Waals surface area contributed by atoms with Crippen LogP contribution in [0.25, 0.3) is 0 Å². The van der Waals surface area contributed by atoms with E-state index in [1.165, 1.54) is 0 Å². The Morgan fingerprint density at radius 2 is 2.40 bits per heavy atom. The lowest BCUT2D eigenvalue weighted by molar-refractivity contribution is -0.00328. The first kappa shape index (κ1) is 12.9. The molecule has 1 fully saturated rings. The van der Waals surface area contributed by atoms with Gasteiger partial charge in [0.1, 0.15) is 0 Å². The van der Waals surface area contributed by atoms with Crippen LogP contribution in [0.4, 0.5) is 0 Å². The second kappa shape index (κ2) is 7.17. The molecule has 0 spiro atoms. The van der Waals surface area contributed by atoms with E-state index in [0.29, 0.717) is 6.04 Å². The number of ether oxygens (including phenoxy) is 2. The summed E-state index contributed by atoms with van der Waals surface area (Å²) < 4.78 is 10.4. The predicted octanol–water partition coefficient (Wildman–Crippen LogP) is 0.461. The van der Waals surface area contributed by atoms with Crippen molar-refractivity contribution in [1.29, 1.82) is 0 Å². The molecule has 0 aromatic heterocycles. The normalized spacial score (nSPS) is 25.4. The van der Waals surface area contributed by atoms with E-state index in [4.69, 9.17) is 15.2 Å². The molecule has 90 valence electrons. The van der Waals surface area contributed by atoms with Crippen LogP contribution < -0.4 is 5.73 Å². The SMILES string of the molecule is COCCCC(N)CN1CCOCC1C. The maximum absolute atomic E-state index is 6.07. The van der Waals surface area contributed by atoms with Gasteiger partial charge in [0.25, 0.3) is 0 Å². The summed E-state index contributed by atoms with van der Waals surface area (Å²) >= 11 is 0. The summed E-state index contributed by atoms with van der Waals surface area (Å²) in [5, 5.41) is 0. The molecule has 0 bridgehead atoms. The number of nitrogens with zero attached hydrogens (tertiary/aromatic N) is 1. The van der Waals surface area contributed by atoms with Crippen molar-refractivity contribution >= 4 is 0 Å². The molecule has 0 amide bonds. The van der Waals surface area contributed by atoms with Gasteiger partial charge < -0.3 is 15.2 Å². The van der Waals surface area contributed by atoms with Crippen molar-refractivity contribution in [3.8, 4) is 0 Å². The second-order valence-electron chi connectivity index (χ2n) is 4.31. The van der Waals surface area contributed by atoms with E-state index in [2.05, 4.69) is 11.8 Å².